The van der Waals surface area contributed by atoms with Crippen LogP contribution in [0.4, 0.5) is 0 Å². The number of carbonyl (C=O) groups excluding carboxylic acids is 2. The van der Waals surface area contributed by atoms with Crippen LogP contribution in [0.3, 0.4) is 0 Å². The molecule has 0 unspecified atom stereocenters. The van der Waals surface area contributed by atoms with Crippen LogP contribution in [0.1, 0.15) is 71.6 Å². The van der Waals surface area contributed by atoms with Gasteiger partial charge in [-0.3, -0.25) is 9.59 Å². The molecule has 0 saturated heterocycles. The van der Waals surface area contributed by atoms with Crippen molar-refractivity contribution in [2.75, 3.05) is 0 Å². The summed E-state index contributed by atoms with van der Waals surface area (Å²) in [5.41, 5.74) is 0.374. The fourth-order valence-corrected chi connectivity index (χ4v) is 6.65. The lowest BCUT2D eigenvalue weighted by Gasteiger charge is -2.58. The second-order valence-corrected chi connectivity index (χ2v) is 8.91. The Kier molecular flexibility index (Phi) is 2.94. The third-order valence-corrected chi connectivity index (χ3v) is 8.13. The Bertz CT molecular complexity index is 496. The van der Waals surface area contributed by atoms with E-state index in [-0.39, 0.29) is 5.41 Å². The van der Waals surface area contributed by atoms with Crippen LogP contribution in [0, 0.1) is 34.5 Å². The Morgan fingerprint density at radius 1 is 1.00 bits per heavy atom. The van der Waals surface area contributed by atoms with E-state index in [0.29, 0.717) is 28.8 Å². The van der Waals surface area contributed by atoms with Gasteiger partial charge in [-0.2, -0.15) is 0 Å². The Morgan fingerprint density at radius 2 is 1.81 bits per heavy atom. The first-order valence-electron chi connectivity index (χ1n) is 8.98. The van der Waals surface area contributed by atoms with E-state index in [0.717, 1.165) is 50.4 Å². The first-order chi connectivity index (χ1) is 9.93. The summed E-state index contributed by atoms with van der Waals surface area (Å²) >= 11 is 0. The molecule has 6 atom stereocenters. The summed E-state index contributed by atoms with van der Waals surface area (Å²) < 4.78 is 0. The van der Waals surface area contributed by atoms with Crippen LogP contribution < -0.4 is 0 Å². The number of hydrogen-bond donors (Lipinski definition) is 0. The zero-order chi connectivity index (χ0) is 14.8. The van der Waals surface area contributed by atoms with Crippen LogP contribution in [0.5, 0.6) is 0 Å². The number of ketones is 2. The molecular formula is C19H28O2. The van der Waals surface area contributed by atoms with E-state index in [1.54, 1.807) is 0 Å². The molecule has 0 spiro atoms. The fraction of sp³-hybridized carbons (Fsp3) is 0.895. The maximum absolute atomic E-state index is 12.4. The van der Waals surface area contributed by atoms with Gasteiger partial charge < -0.3 is 0 Å². The minimum absolute atomic E-state index is 0.00511. The molecular weight excluding hydrogens is 260 g/mol. The number of fused-ring (bicyclic) bond motifs is 4. The molecule has 0 N–H and O–H groups in total. The van der Waals surface area contributed by atoms with E-state index in [4.69, 9.17) is 0 Å². The van der Waals surface area contributed by atoms with Crippen molar-refractivity contribution in [2.24, 2.45) is 34.5 Å². The van der Waals surface area contributed by atoms with Gasteiger partial charge in [-0.1, -0.05) is 13.8 Å². The molecule has 4 fully saturated rings. The monoisotopic (exact) mass is 288 g/mol. The predicted molar refractivity (Wildman–Crippen MR) is 81.7 cm³/mol. The molecule has 2 heteroatoms. The van der Waals surface area contributed by atoms with Gasteiger partial charge in [0.05, 0.1) is 0 Å². The van der Waals surface area contributed by atoms with Gasteiger partial charge in [-0.05, 0) is 67.6 Å². The van der Waals surface area contributed by atoms with E-state index in [1.165, 1.54) is 19.3 Å². The summed E-state index contributed by atoms with van der Waals surface area (Å²) in [4.78, 5) is 24.2. The van der Waals surface area contributed by atoms with Crippen molar-refractivity contribution in [3.8, 4) is 0 Å². The number of Topliss-reactive ketones (excluding diaryl/α,β-unsaturated/α-hetero) is 2. The highest BCUT2D eigenvalue weighted by Gasteiger charge is 2.58. The second-order valence-electron chi connectivity index (χ2n) is 8.91. The summed E-state index contributed by atoms with van der Waals surface area (Å²) in [6, 6.07) is 0. The molecule has 0 aromatic carbocycles. The highest BCUT2D eigenvalue weighted by Crippen LogP contribution is 2.64. The molecule has 4 saturated carbocycles. The number of carbonyl (C=O) groups is 2. The third-order valence-electron chi connectivity index (χ3n) is 8.13. The van der Waals surface area contributed by atoms with Gasteiger partial charge in [-0.15, -0.1) is 0 Å². The number of rotatable bonds is 0. The van der Waals surface area contributed by atoms with Crippen molar-refractivity contribution in [1.82, 2.24) is 0 Å². The molecule has 4 rings (SSSR count). The van der Waals surface area contributed by atoms with Crippen LogP contribution in [0.2, 0.25) is 0 Å². The maximum Gasteiger partial charge on any atom is 0.139 e. The number of hydrogen-bond acceptors (Lipinski definition) is 2. The first-order valence-corrected chi connectivity index (χ1v) is 8.98. The Morgan fingerprint density at radius 3 is 2.62 bits per heavy atom. The van der Waals surface area contributed by atoms with Crippen LogP contribution in [0.25, 0.3) is 0 Å². The summed E-state index contributed by atoms with van der Waals surface area (Å²) in [7, 11) is 0. The first kappa shape index (κ1) is 14.0. The van der Waals surface area contributed by atoms with Crippen LogP contribution in [0.15, 0.2) is 0 Å². The van der Waals surface area contributed by atoms with Gasteiger partial charge in [0.25, 0.3) is 0 Å². The maximum atomic E-state index is 12.4. The zero-order valence-corrected chi connectivity index (χ0v) is 13.5. The second kappa shape index (κ2) is 4.43. The van der Waals surface area contributed by atoms with Gasteiger partial charge in [0, 0.05) is 24.7 Å². The van der Waals surface area contributed by atoms with Gasteiger partial charge >= 0.3 is 0 Å². The smallest absolute Gasteiger partial charge is 0.139 e. The lowest BCUT2D eigenvalue weighted by molar-refractivity contribution is -0.142. The molecule has 0 bridgehead atoms. The summed E-state index contributed by atoms with van der Waals surface area (Å²) in [6.45, 7) is 4.72. The molecule has 0 aliphatic heterocycles. The molecule has 0 heterocycles. The quantitative estimate of drug-likeness (QED) is 0.670. The van der Waals surface area contributed by atoms with Crippen LogP contribution in [-0.4, -0.2) is 11.6 Å². The van der Waals surface area contributed by atoms with Crippen LogP contribution in [-0.2, 0) is 9.59 Å². The Labute approximate surface area is 128 Å². The summed E-state index contributed by atoms with van der Waals surface area (Å²) in [5, 5.41) is 0. The SMILES string of the molecule is C[C@@]12CCC(=O)C[C@H]1CC[C@@H]1C[C@]3(C)C(=O)CC[C@H]3C[C@H]12. The molecule has 4 aliphatic carbocycles. The van der Waals surface area contributed by atoms with E-state index in [9.17, 15) is 9.59 Å². The standard InChI is InChI=1S/C19H28O2/c1-18-8-7-15(20)9-13(18)4-3-12-11-19(2)14(10-16(12)18)5-6-17(19)21/h12-14,16H,3-11H2,1-2H3/t12-,13-,14+,16-,18-,19+/m1/s1. The Balaban J connectivity index is 1.64. The highest BCUT2D eigenvalue weighted by atomic mass is 16.1. The lowest BCUT2D eigenvalue weighted by atomic mass is 9.46. The van der Waals surface area contributed by atoms with Gasteiger partial charge in [-0.25, -0.2) is 0 Å². The van der Waals surface area contributed by atoms with E-state index in [2.05, 4.69) is 13.8 Å². The average molecular weight is 288 g/mol. The van der Waals surface area contributed by atoms with Crippen molar-refractivity contribution in [2.45, 2.75) is 71.6 Å². The van der Waals surface area contributed by atoms with Crippen molar-refractivity contribution in [1.29, 1.82) is 0 Å². The van der Waals surface area contributed by atoms with Crippen molar-refractivity contribution < 1.29 is 9.59 Å². The molecule has 0 amide bonds. The topological polar surface area (TPSA) is 34.1 Å². The Hall–Kier alpha value is -0.660. The molecule has 21 heavy (non-hydrogen) atoms. The molecule has 4 aliphatic rings. The average Bonchev–Trinajstić information content (AvgIpc) is 2.74. The van der Waals surface area contributed by atoms with Gasteiger partial charge in [0.2, 0.25) is 0 Å². The van der Waals surface area contributed by atoms with E-state index < -0.39 is 0 Å². The van der Waals surface area contributed by atoms with Crippen molar-refractivity contribution >= 4 is 11.6 Å². The van der Waals surface area contributed by atoms with Gasteiger partial charge in [0.1, 0.15) is 11.6 Å². The minimum atomic E-state index is -0.00511. The highest BCUT2D eigenvalue weighted by molar-refractivity contribution is 5.87. The molecule has 0 aromatic heterocycles. The van der Waals surface area contributed by atoms with Crippen LogP contribution >= 0.6 is 0 Å². The normalized spacial score (nSPS) is 53.0. The predicted octanol–water partition coefficient (Wildman–Crippen LogP) is 4.17. The fourth-order valence-electron chi connectivity index (χ4n) is 6.65. The molecule has 116 valence electrons. The largest absolute Gasteiger partial charge is 0.300 e. The summed E-state index contributed by atoms with van der Waals surface area (Å²) in [6.07, 6.45) is 9.56. The van der Waals surface area contributed by atoms with E-state index in [1.807, 2.05) is 0 Å². The van der Waals surface area contributed by atoms with Crippen molar-refractivity contribution in [3.63, 3.8) is 0 Å². The lowest BCUT2D eigenvalue weighted by Crippen LogP contribution is -2.52. The molecule has 0 radical (unpaired) electrons. The third kappa shape index (κ3) is 1.83. The minimum Gasteiger partial charge on any atom is -0.300 e. The summed E-state index contributed by atoms with van der Waals surface area (Å²) in [5.74, 6) is 3.79. The van der Waals surface area contributed by atoms with Gasteiger partial charge in [0.15, 0.2) is 0 Å². The van der Waals surface area contributed by atoms with E-state index >= 15 is 0 Å². The molecule has 2 nitrogen and oxygen atoms in total. The van der Waals surface area contributed by atoms with Crippen molar-refractivity contribution in [3.05, 3.63) is 0 Å². The molecule has 0 aromatic rings. The zero-order valence-electron chi connectivity index (χ0n) is 13.5.